The van der Waals surface area contributed by atoms with E-state index >= 15 is 0 Å². The Labute approximate surface area is 128 Å². The molecule has 4 nitrogen and oxygen atoms in total. The van der Waals surface area contributed by atoms with Gasteiger partial charge in [0.2, 0.25) is 0 Å². The fourth-order valence-electron chi connectivity index (χ4n) is 2.71. The molecule has 1 amide bonds. The Morgan fingerprint density at radius 1 is 1.50 bits per heavy atom. The van der Waals surface area contributed by atoms with E-state index in [9.17, 15) is 4.79 Å². The Bertz CT molecular complexity index is 477. The van der Waals surface area contributed by atoms with Crippen LogP contribution in [0.4, 0.5) is 0 Å². The van der Waals surface area contributed by atoms with Crippen molar-refractivity contribution in [1.82, 2.24) is 4.90 Å². The van der Waals surface area contributed by atoms with E-state index < -0.39 is 0 Å². The van der Waals surface area contributed by atoms with Crippen molar-refractivity contribution in [2.45, 2.75) is 31.7 Å². The Morgan fingerprint density at radius 2 is 2.30 bits per heavy atom. The Kier molecular flexibility index (Phi) is 5.43. The molecule has 0 spiro atoms. The number of ether oxygens (including phenoxy) is 1. The smallest absolute Gasteiger partial charge is 0.255 e. The van der Waals surface area contributed by atoms with Gasteiger partial charge in [-0.2, -0.15) is 0 Å². The molecule has 1 unspecified atom stereocenters. The number of nitrogens with zero attached hydrogens (tertiary/aromatic N) is 1. The van der Waals surface area contributed by atoms with Crippen molar-refractivity contribution in [3.8, 4) is 5.75 Å². The van der Waals surface area contributed by atoms with Crippen molar-refractivity contribution in [1.29, 1.82) is 0 Å². The topological polar surface area (TPSA) is 55.6 Å². The maximum atomic E-state index is 12.8. The van der Waals surface area contributed by atoms with E-state index in [0.29, 0.717) is 17.9 Å². The van der Waals surface area contributed by atoms with Crippen molar-refractivity contribution in [3.63, 3.8) is 0 Å². The summed E-state index contributed by atoms with van der Waals surface area (Å²) >= 11 is 3.46. The largest absolute Gasteiger partial charge is 0.497 e. The van der Waals surface area contributed by atoms with E-state index in [1.807, 2.05) is 17.0 Å². The molecule has 0 bridgehead atoms. The molecule has 1 aromatic rings. The molecule has 5 heteroatoms. The van der Waals surface area contributed by atoms with Crippen LogP contribution in [0.5, 0.6) is 5.75 Å². The number of hydrogen-bond acceptors (Lipinski definition) is 3. The van der Waals surface area contributed by atoms with Gasteiger partial charge in [-0.1, -0.05) is 0 Å². The molecule has 1 fully saturated rings. The lowest BCUT2D eigenvalue weighted by molar-refractivity contribution is 0.0603. The van der Waals surface area contributed by atoms with Gasteiger partial charge in [0, 0.05) is 17.1 Å². The molecule has 1 aliphatic rings. The van der Waals surface area contributed by atoms with Gasteiger partial charge in [0.15, 0.2) is 0 Å². The second-order valence-electron chi connectivity index (χ2n) is 5.07. The summed E-state index contributed by atoms with van der Waals surface area (Å²) in [6.45, 7) is 1.43. The molecule has 0 radical (unpaired) electrons. The second kappa shape index (κ2) is 7.09. The summed E-state index contributed by atoms with van der Waals surface area (Å²) < 4.78 is 6.02. The average Bonchev–Trinajstić information content (AvgIpc) is 2.48. The number of amides is 1. The molecule has 20 heavy (non-hydrogen) atoms. The van der Waals surface area contributed by atoms with Gasteiger partial charge in [-0.3, -0.25) is 4.79 Å². The van der Waals surface area contributed by atoms with Gasteiger partial charge in [-0.15, -0.1) is 0 Å². The highest BCUT2D eigenvalue weighted by molar-refractivity contribution is 9.10. The van der Waals surface area contributed by atoms with Crippen LogP contribution in [0, 0.1) is 0 Å². The Hall–Kier alpha value is -1.07. The molecule has 1 aromatic carbocycles. The van der Waals surface area contributed by atoms with E-state index in [4.69, 9.17) is 10.5 Å². The number of piperidine rings is 1. The van der Waals surface area contributed by atoms with E-state index in [1.54, 1.807) is 13.2 Å². The van der Waals surface area contributed by atoms with Gasteiger partial charge in [0.05, 0.1) is 12.7 Å². The average molecular weight is 341 g/mol. The van der Waals surface area contributed by atoms with Crippen LogP contribution in [0.2, 0.25) is 0 Å². The molecule has 1 atom stereocenters. The van der Waals surface area contributed by atoms with E-state index in [1.165, 1.54) is 6.42 Å². The van der Waals surface area contributed by atoms with Crippen LogP contribution in [-0.4, -0.2) is 37.0 Å². The second-order valence-corrected chi connectivity index (χ2v) is 5.93. The summed E-state index contributed by atoms with van der Waals surface area (Å²) in [5, 5.41) is 0. The Balaban J connectivity index is 2.24. The number of carbonyl (C=O) groups excluding carboxylic acids is 1. The van der Waals surface area contributed by atoms with E-state index in [-0.39, 0.29) is 11.9 Å². The monoisotopic (exact) mass is 340 g/mol. The minimum atomic E-state index is 0.0638. The lowest BCUT2D eigenvalue weighted by atomic mass is 9.98. The number of carbonyl (C=O) groups is 1. The van der Waals surface area contributed by atoms with Crippen LogP contribution >= 0.6 is 15.9 Å². The molecule has 1 saturated heterocycles. The van der Waals surface area contributed by atoms with Gasteiger partial charge in [-0.05, 0) is 66.4 Å². The normalized spacial score (nSPS) is 18.9. The lowest BCUT2D eigenvalue weighted by Crippen LogP contribution is -2.44. The molecular formula is C15H21BrN2O2. The third-order valence-electron chi connectivity index (χ3n) is 3.79. The first-order valence-electron chi connectivity index (χ1n) is 7.02. The number of nitrogens with two attached hydrogens (primary N) is 1. The van der Waals surface area contributed by atoms with Crippen LogP contribution in [0.15, 0.2) is 22.7 Å². The highest BCUT2D eigenvalue weighted by Crippen LogP contribution is 2.27. The first-order chi connectivity index (χ1) is 9.67. The molecule has 0 aromatic heterocycles. The van der Waals surface area contributed by atoms with Gasteiger partial charge in [-0.25, -0.2) is 0 Å². The predicted octanol–water partition coefficient (Wildman–Crippen LogP) is 2.80. The fraction of sp³-hybridized carbons (Fsp3) is 0.533. The highest BCUT2D eigenvalue weighted by Gasteiger charge is 2.28. The highest BCUT2D eigenvalue weighted by atomic mass is 79.9. The van der Waals surface area contributed by atoms with Crippen molar-refractivity contribution in [3.05, 3.63) is 28.2 Å². The van der Waals surface area contributed by atoms with Crippen molar-refractivity contribution >= 4 is 21.8 Å². The third-order valence-corrected chi connectivity index (χ3v) is 4.48. The summed E-state index contributed by atoms with van der Waals surface area (Å²) in [7, 11) is 1.61. The number of rotatable bonds is 4. The summed E-state index contributed by atoms with van der Waals surface area (Å²) in [6.07, 6.45) is 4.15. The standard InChI is InChI=1S/C15H21BrN2O2/c1-20-12-5-6-14(16)13(10-12)15(19)18-9-3-2-4-11(18)7-8-17/h5-6,10-11H,2-4,7-9,17H2,1H3. The molecule has 1 heterocycles. The number of methoxy groups -OCH3 is 1. The van der Waals surface area contributed by atoms with Gasteiger partial charge in [0.25, 0.3) is 5.91 Å². The van der Waals surface area contributed by atoms with Crippen molar-refractivity contribution in [2.75, 3.05) is 20.2 Å². The third kappa shape index (κ3) is 3.33. The van der Waals surface area contributed by atoms with Crippen LogP contribution in [-0.2, 0) is 0 Å². The molecule has 0 saturated carbocycles. The minimum Gasteiger partial charge on any atom is -0.497 e. The minimum absolute atomic E-state index is 0.0638. The first kappa shape index (κ1) is 15.3. The summed E-state index contributed by atoms with van der Waals surface area (Å²) in [5.74, 6) is 0.762. The van der Waals surface area contributed by atoms with E-state index in [2.05, 4.69) is 15.9 Å². The number of likely N-dealkylation sites (tertiary alicyclic amines) is 1. The SMILES string of the molecule is COc1ccc(Br)c(C(=O)N2CCCCC2CCN)c1. The molecule has 0 aliphatic carbocycles. The van der Waals surface area contributed by atoms with Crippen LogP contribution < -0.4 is 10.5 Å². The summed E-state index contributed by atoms with van der Waals surface area (Å²) in [6, 6.07) is 5.75. The maximum absolute atomic E-state index is 12.8. The van der Waals surface area contributed by atoms with Crippen LogP contribution in [0.3, 0.4) is 0 Å². The first-order valence-corrected chi connectivity index (χ1v) is 7.81. The lowest BCUT2D eigenvalue weighted by Gasteiger charge is -2.36. The number of halogens is 1. The Morgan fingerprint density at radius 3 is 3.00 bits per heavy atom. The number of hydrogen-bond donors (Lipinski definition) is 1. The zero-order valence-electron chi connectivity index (χ0n) is 11.8. The molecule has 110 valence electrons. The van der Waals surface area contributed by atoms with Crippen LogP contribution in [0.25, 0.3) is 0 Å². The molecule has 2 N–H and O–H groups in total. The summed E-state index contributed by atoms with van der Waals surface area (Å²) in [4.78, 5) is 14.7. The summed E-state index contributed by atoms with van der Waals surface area (Å²) in [5.41, 5.74) is 6.33. The quantitative estimate of drug-likeness (QED) is 0.916. The maximum Gasteiger partial charge on any atom is 0.255 e. The molecule has 1 aliphatic heterocycles. The molecule has 2 rings (SSSR count). The van der Waals surface area contributed by atoms with Gasteiger partial charge >= 0.3 is 0 Å². The van der Waals surface area contributed by atoms with Crippen molar-refractivity contribution < 1.29 is 9.53 Å². The van der Waals surface area contributed by atoms with Crippen LogP contribution in [0.1, 0.15) is 36.0 Å². The van der Waals surface area contributed by atoms with E-state index in [0.717, 1.165) is 30.3 Å². The van der Waals surface area contributed by atoms with Crippen molar-refractivity contribution in [2.24, 2.45) is 5.73 Å². The van der Waals surface area contributed by atoms with Gasteiger partial charge in [0.1, 0.15) is 5.75 Å². The zero-order valence-corrected chi connectivity index (χ0v) is 13.4. The zero-order chi connectivity index (χ0) is 14.5. The van der Waals surface area contributed by atoms with Gasteiger partial charge < -0.3 is 15.4 Å². The predicted molar refractivity (Wildman–Crippen MR) is 83.0 cm³/mol. The number of benzene rings is 1. The fourth-order valence-corrected chi connectivity index (χ4v) is 3.13. The molecular weight excluding hydrogens is 320 g/mol.